The Bertz CT molecular complexity index is 441. The molecular formula is C21H41N3O2. The van der Waals surface area contributed by atoms with Gasteiger partial charge in [-0.05, 0) is 43.6 Å². The molecule has 2 unspecified atom stereocenters. The van der Waals surface area contributed by atoms with E-state index in [0.29, 0.717) is 11.8 Å². The fourth-order valence-corrected chi connectivity index (χ4v) is 3.88. The van der Waals surface area contributed by atoms with Crippen LogP contribution in [0, 0.1) is 23.7 Å². The number of amides is 1. The highest BCUT2D eigenvalue weighted by Gasteiger charge is 2.31. The number of nitrogens with one attached hydrogen (secondary N) is 2. The second-order valence-corrected chi connectivity index (χ2v) is 9.02. The lowest BCUT2D eigenvalue weighted by Gasteiger charge is -2.32. The van der Waals surface area contributed by atoms with Crippen LogP contribution in [0.5, 0.6) is 0 Å². The maximum atomic E-state index is 12.9. The second kappa shape index (κ2) is 11.0. The summed E-state index contributed by atoms with van der Waals surface area (Å²) in [4.78, 5) is 25.6. The van der Waals surface area contributed by atoms with Crippen LogP contribution in [0.3, 0.4) is 0 Å². The molecule has 26 heavy (non-hydrogen) atoms. The van der Waals surface area contributed by atoms with Crippen molar-refractivity contribution in [1.29, 1.82) is 0 Å². The third-order valence-corrected chi connectivity index (χ3v) is 5.56. The van der Waals surface area contributed by atoms with Crippen LogP contribution < -0.4 is 16.4 Å². The van der Waals surface area contributed by atoms with Gasteiger partial charge in [-0.1, -0.05) is 54.4 Å². The maximum Gasteiger partial charge on any atom is 0.237 e. The first-order valence-electron chi connectivity index (χ1n) is 10.5. The molecule has 0 bridgehead atoms. The van der Waals surface area contributed by atoms with Gasteiger partial charge in [0.25, 0.3) is 0 Å². The van der Waals surface area contributed by atoms with Crippen LogP contribution in [0.1, 0.15) is 73.6 Å². The molecule has 1 fully saturated rings. The summed E-state index contributed by atoms with van der Waals surface area (Å²) in [5.41, 5.74) is 5.79. The molecule has 0 aliphatic heterocycles. The van der Waals surface area contributed by atoms with Gasteiger partial charge in [0.2, 0.25) is 5.91 Å². The first kappa shape index (κ1) is 23.1. The summed E-state index contributed by atoms with van der Waals surface area (Å²) in [5.74, 6) is 1.32. The van der Waals surface area contributed by atoms with Gasteiger partial charge in [0, 0.05) is 12.0 Å². The number of carbonyl (C=O) groups is 2. The molecule has 4 N–H and O–H groups in total. The third-order valence-electron chi connectivity index (χ3n) is 5.56. The summed E-state index contributed by atoms with van der Waals surface area (Å²) < 4.78 is 0. The lowest BCUT2D eigenvalue weighted by molar-refractivity contribution is -0.131. The minimum Gasteiger partial charge on any atom is -0.345 e. The minimum absolute atomic E-state index is 0.0525. The molecule has 1 saturated carbocycles. The first-order valence-corrected chi connectivity index (χ1v) is 10.5. The summed E-state index contributed by atoms with van der Waals surface area (Å²) >= 11 is 0. The van der Waals surface area contributed by atoms with E-state index in [9.17, 15) is 9.59 Å². The Morgan fingerprint density at radius 3 is 1.92 bits per heavy atom. The normalized spacial score (nSPS) is 23.3. The van der Waals surface area contributed by atoms with Crippen molar-refractivity contribution in [2.45, 2.75) is 91.8 Å². The van der Waals surface area contributed by atoms with Crippen LogP contribution in [0.25, 0.3) is 0 Å². The molecule has 0 aromatic heterocycles. The zero-order valence-electron chi connectivity index (χ0n) is 17.7. The summed E-state index contributed by atoms with van der Waals surface area (Å²) in [6.07, 6.45) is 5.25. The van der Waals surface area contributed by atoms with Gasteiger partial charge in [0.05, 0.1) is 12.1 Å². The number of hydrogen-bond donors (Lipinski definition) is 3. The predicted octanol–water partition coefficient (Wildman–Crippen LogP) is 2.87. The largest absolute Gasteiger partial charge is 0.345 e. The molecule has 2 atom stereocenters. The molecule has 1 amide bonds. The molecule has 0 saturated heterocycles. The topological polar surface area (TPSA) is 84.2 Å². The Morgan fingerprint density at radius 1 is 0.962 bits per heavy atom. The second-order valence-electron chi connectivity index (χ2n) is 9.02. The molecule has 0 aromatic carbocycles. The third kappa shape index (κ3) is 7.36. The van der Waals surface area contributed by atoms with Crippen LogP contribution in [0.2, 0.25) is 0 Å². The SMILES string of the molecule is CC(C)NC(C(=O)NC(CC1CCC(CN)CC1)C(=O)C(C)C)C(C)C. The number of carbonyl (C=O) groups excluding carboxylic acids is 2. The molecule has 0 spiro atoms. The van der Waals surface area contributed by atoms with E-state index in [1.165, 1.54) is 0 Å². The summed E-state index contributed by atoms with van der Waals surface area (Å²) in [7, 11) is 0. The highest BCUT2D eigenvalue weighted by atomic mass is 16.2. The smallest absolute Gasteiger partial charge is 0.237 e. The van der Waals surface area contributed by atoms with E-state index >= 15 is 0 Å². The van der Waals surface area contributed by atoms with Gasteiger partial charge in [-0.2, -0.15) is 0 Å². The molecule has 152 valence electrons. The van der Waals surface area contributed by atoms with Crippen LogP contribution >= 0.6 is 0 Å². The van der Waals surface area contributed by atoms with E-state index in [2.05, 4.69) is 10.6 Å². The molecular weight excluding hydrogens is 326 g/mol. The van der Waals surface area contributed by atoms with Crippen molar-refractivity contribution in [3.05, 3.63) is 0 Å². The lowest BCUT2D eigenvalue weighted by Crippen LogP contribution is -2.54. The van der Waals surface area contributed by atoms with Crippen molar-refractivity contribution in [3.8, 4) is 0 Å². The Labute approximate surface area is 160 Å². The average Bonchev–Trinajstić information content (AvgIpc) is 2.58. The summed E-state index contributed by atoms with van der Waals surface area (Å²) in [5, 5.41) is 6.41. The van der Waals surface area contributed by atoms with Crippen LogP contribution in [0.4, 0.5) is 0 Å². The van der Waals surface area contributed by atoms with Crippen molar-refractivity contribution in [2.75, 3.05) is 6.54 Å². The van der Waals surface area contributed by atoms with Gasteiger partial charge in [-0.3, -0.25) is 9.59 Å². The summed E-state index contributed by atoms with van der Waals surface area (Å²) in [6, 6.07) is -0.429. The Morgan fingerprint density at radius 2 is 1.50 bits per heavy atom. The van der Waals surface area contributed by atoms with Crippen molar-refractivity contribution in [1.82, 2.24) is 10.6 Å². The zero-order chi connectivity index (χ0) is 19.9. The van der Waals surface area contributed by atoms with Crippen LogP contribution in [-0.4, -0.2) is 36.4 Å². The van der Waals surface area contributed by atoms with E-state index in [0.717, 1.165) is 38.6 Å². The van der Waals surface area contributed by atoms with Crippen molar-refractivity contribution >= 4 is 11.7 Å². The van der Waals surface area contributed by atoms with Crippen LogP contribution in [-0.2, 0) is 9.59 Å². The highest BCUT2D eigenvalue weighted by Crippen LogP contribution is 2.31. The fraction of sp³-hybridized carbons (Fsp3) is 0.905. The van der Waals surface area contributed by atoms with E-state index in [1.54, 1.807) is 0 Å². The van der Waals surface area contributed by atoms with Gasteiger partial charge in [0.15, 0.2) is 5.78 Å². The highest BCUT2D eigenvalue weighted by molar-refractivity contribution is 5.91. The van der Waals surface area contributed by atoms with Crippen molar-refractivity contribution < 1.29 is 9.59 Å². The number of Topliss-reactive ketones (excluding diaryl/α,β-unsaturated/α-hetero) is 1. The lowest BCUT2D eigenvalue weighted by atomic mass is 9.78. The Kier molecular flexibility index (Phi) is 9.80. The zero-order valence-corrected chi connectivity index (χ0v) is 17.7. The first-order chi connectivity index (χ1) is 12.1. The van der Waals surface area contributed by atoms with Crippen molar-refractivity contribution in [3.63, 3.8) is 0 Å². The summed E-state index contributed by atoms with van der Waals surface area (Å²) in [6.45, 7) is 12.7. The molecule has 0 radical (unpaired) electrons. The minimum atomic E-state index is -0.378. The van der Waals surface area contributed by atoms with Crippen LogP contribution in [0.15, 0.2) is 0 Å². The fourth-order valence-electron chi connectivity index (χ4n) is 3.88. The van der Waals surface area contributed by atoms with Gasteiger partial charge in [-0.25, -0.2) is 0 Å². The number of hydrogen-bond acceptors (Lipinski definition) is 4. The van der Waals surface area contributed by atoms with Crippen molar-refractivity contribution in [2.24, 2.45) is 29.4 Å². The Hall–Kier alpha value is -0.940. The quantitative estimate of drug-likeness (QED) is 0.554. The van der Waals surface area contributed by atoms with E-state index in [1.807, 2.05) is 41.5 Å². The molecule has 1 rings (SSSR count). The van der Waals surface area contributed by atoms with E-state index in [4.69, 9.17) is 5.73 Å². The maximum absolute atomic E-state index is 12.9. The molecule has 5 heteroatoms. The Balaban J connectivity index is 2.77. The van der Waals surface area contributed by atoms with Gasteiger partial charge in [0.1, 0.15) is 0 Å². The van der Waals surface area contributed by atoms with E-state index in [-0.39, 0.29) is 41.7 Å². The molecule has 1 aliphatic rings. The molecule has 1 aliphatic carbocycles. The number of ketones is 1. The van der Waals surface area contributed by atoms with Gasteiger partial charge in [-0.15, -0.1) is 0 Å². The predicted molar refractivity (Wildman–Crippen MR) is 108 cm³/mol. The molecule has 5 nitrogen and oxygen atoms in total. The number of nitrogens with two attached hydrogens (primary N) is 1. The van der Waals surface area contributed by atoms with Gasteiger partial charge >= 0.3 is 0 Å². The molecule has 0 aromatic rings. The van der Waals surface area contributed by atoms with E-state index < -0.39 is 0 Å². The number of rotatable bonds is 10. The molecule has 0 heterocycles. The monoisotopic (exact) mass is 367 g/mol. The van der Waals surface area contributed by atoms with Gasteiger partial charge < -0.3 is 16.4 Å². The standard InChI is InChI=1S/C21H41N3O2/c1-13(2)19(23-15(5)6)21(26)24-18(20(25)14(3)4)11-16-7-9-17(12-22)10-8-16/h13-19,23H,7-12,22H2,1-6H3,(H,24,26). The average molecular weight is 368 g/mol.